The maximum atomic E-state index is 13.3. The molecule has 2 N–H and O–H groups in total. The van der Waals surface area contributed by atoms with Gasteiger partial charge >= 0.3 is 0 Å². The van der Waals surface area contributed by atoms with E-state index in [9.17, 15) is 4.79 Å². The van der Waals surface area contributed by atoms with E-state index in [1.165, 1.54) is 25.7 Å². The summed E-state index contributed by atoms with van der Waals surface area (Å²) in [6.07, 6.45) is 9.18. The number of rotatable bonds is 8. The number of aryl methyl sites for hydroxylation is 1. The van der Waals surface area contributed by atoms with Crippen LogP contribution in [0.1, 0.15) is 63.8 Å². The van der Waals surface area contributed by atoms with Gasteiger partial charge in [-0.1, -0.05) is 25.0 Å². The number of likely N-dealkylation sites (tertiary alicyclic amines) is 1. The number of benzene rings is 1. The van der Waals surface area contributed by atoms with Gasteiger partial charge in [-0.15, -0.1) is 0 Å². The summed E-state index contributed by atoms with van der Waals surface area (Å²) in [5, 5.41) is 0. The number of nitrogen functional groups attached to an aromatic ring is 1. The number of nitrogens with zero attached hydrogens (tertiary/aromatic N) is 5. The molecule has 0 unspecified atom stereocenters. The van der Waals surface area contributed by atoms with Gasteiger partial charge in [-0.3, -0.25) is 9.69 Å². The number of anilines is 1. The van der Waals surface area contributed by atoms with E-state index < -0.39 is 0 Å². The second-order valence-electron chi connectivity index (χ2n) is 9.01. The minimum atomic E-state index is -0.0424. The second kappa shape index (κ2) is 10.2. The van der Waals surface area contributed by atoms with Crippen molar-refractivity contribution in [2.45, 2.75) is 77.4 Å². The van der Waals surface area contributed by atoms with Crippen molar-refractivity contribution >= 4 is 17.0 Å². The number of nitrogens with two attached hydrogens (primary N) is 1. The fourth-order valence-electron chi connectivity index (χ4n) is 4.92. The summed E-state index contributed by atoms with van der Waals surface area (Å²) in [6.45, 7) is 6.55. The number of hydrogen-bond acceptors (Lipinski definition) is 6. The van der Waals surface area contributed by atoms with E-state index in [1.54, 1.807) is 12.3 Å². The number of aromatic nitrogens is 4. The Morgan fingerprint density at radius 3 is 2.53 bits per heavy atom. The molecule has 1 saturated heterocycles. The molecule has 1 fully saturated rings. The van der Waals surface area contributed by atoms with Crippen molar-refractivity contribution in [1.82, 2.24) is 24.4 Å². The number of para-hydroxylation sites is 2. The summed E-state index contributed by atoms with van der Waals surface area (Å²) >= 11 is 0. The van der Waals surface area contributed by atoms with E-state index >= 15 is 0 Å². The molecule has 0 saturated carbocycles. The van der Waals surface area contributed by atoms with Crippen LogP contribution < -0.4 is 11.3 Å². The van der Waals surface area contributed by atoms with Crippen molar-refractivity contribution < 1.29 is 0 Å². The van der Waals surface area contributed by atoms with Gasteiger partial charge in [-0.05, 0) is 64.3 Å². The van der Waals surface area contributed by atoms with Gasteiger partial charge in [0.15, 0.2) is 0 Å². The van der Waals surface area contributed by atoms with E-state index in [-0.39, 0.29) is 11.5 Å². The third-order valence-electron chi connectivity index (χ3n) is 6.67. The quantitative estimate of drug-likeness (QED) is 0.543. The van der Waals surface area contributed by atoms with E-state index in [2.05, 4.69) is 33.7 Å². The Kier molecular flexibility index (Phi) is 7.15. The molecule has 0 spiro atoms. The molecule has 7 heteroatoms. The van der Waals surface area contributed by atoms with Crippen LogP contribution in [0.25, 0.3) is 11.0 Å². The maximum Gasteiger partial charge on any atom is 0.273 e. The standard InChI is InChI=1S/C25H34N6O/c1-18-9-8-10-19(2)30(18)15-6-3-7-16-31-23-12-5-4-11-21(23)29-22(24(31)32)17-20-13-14-27-25(26)28-20/h4-5,11-14,18-19H,3,6-10,15-17H2,1-2H3,(H2,26,27,28)/t18-,19+. The molecular formula is C25H34N6O. The number of hydrogen-bond donors (Lipinski definition) is 1. The van der Waals surface area contributed by atoms with Crippen LogP contribution in [0.15, 0.2) is 41.3 Å². The molecule has 3 heterocycles. The van der Waals surface area contributed by atoms with Gasteiger partial charge in [0.1, 0.15) is 5.69 Å². The number of fused-ring (bicyclic) bond motifs is 1. The van der Waals surface area contributed by atoms with Crippen molar-refractivity contribution in [2.75, 3.05) is 12.3 Å². The summed E-state index contributed by atoms with van der Waals surface area (Å²) in [7, 11) is 0. The lowest BCUT2D eigenvalue weighted by Gasteiger charge is -2.39. The molecule has 2 atom stereocenters. The van der Waals surface area contributed by atoms with E-state index in [4.69, 9.17) is 5.73 Å². The lowest BCUT2D eigenvalue weighted by Crippen LogP contribution is -2.44. The van der Waals surface area contributed by atoms with Crippen LogP contribution in [0.4, 0.5) is 5.95 Å². The Morgan fingerprint density at radius 1 is 1.00 bits per heavy atom. The molecular weight excluding hydrogens is 400 g/mol. The zero-order valence-electron chi connectivity index (χ0n) is 19.2. The Bertz CT molecular complexity index is 1100. The zero-order valence-corrected chi connectivity index (χ0v) is 19.2. The van der Waals surface area contributed by atoms with Crippen LogP contribution in [-0.4, -0.2) is 43.0 Å². The third-order valence-corrected chi connectivity index (χ3v) is 6.67. The van der Waals surface area contributed by atoms with Crippen molar-refractivity contribution in [3.05, 3.63) is 58.3 Å². The summed E-state index contributed by atoms with van der Waals surface area (Å²) < 4.78 is 1.88. The van der Waals surface area contributed by atoms with Crippen LogP contribution in [0.5, 0.6) is 0 Å². The number of piperidine rings is 1. The summed E-state index contributed by atoms with van der Waals surface area (Å²) in [5.41, 5.74) is 8.59. The largest absolute Gasteiger partial charge is 0.368 e. The third kappa shape index (κ3) is 5.15. The second-order valence-corrected chi connectivity index (χ2v) is 9.01. The average molecular weight is 435 g/mol. The summed E-state index contributed by atoms with van der Waals surface area (Å²) in [5.74, 6) is 0.209. The summed E-state index contributed by atoms with van der Waals surface area (Å²) in [4.78, 5) is 28.8. The average Bonchev–Trinajstić information content (AvgIpc) is 2.77. The Hall–Kier alpha value is -2.80. The van der Waals surface area contributed by atoms with E-state index in [0.29, 0.717) is 36.4 Å². The van der Waals surface area contributed by atoms with E-state index in [1.807, 2.05) is 28.8 Å². The predicted molar refractivity (Wildman–Crippen MR) is 129 cm³/mol. The molecule has 0 aliphatic carbocycles. The highest BCUT2D eigenvalue weighted by Crippen LogP contribution is 2.23. The maximum absolute atomic E-state index is 13.3. The molecule has 0 amide bonds. The van der Waals surface area contributed by atoms with Crippen LogP contribution >= 0.6 is 0 Å². The summed E-state index contributed by atoms with van der Waals surface area (Å²) in [6, 6.07) is 11.0. The lowest BCUT2D eigenvalue weighted by atomic mass is 9.97. The Morgan fingerprint density at radius 2 is 1.75 bits per heavy atom. The van der Waals surface area contributed by atoms with Crippen molar-refractivity contribution in [2.24, 2.45) is 0 Å². The topological polar surface area (TPSA) is 89.9 Å². The smallest absolute Gasteiger partial charge is 0.273 e. The van der Waals surface area contributed by atoms with Crippen molar-refractivity contribution in [3.63, 3.8) is 0 Å². The molecule has 32 heavy (non-hydrogen) atoms. The van der Waals surface area contributed by atoms with Crippen LogP contribution in [0.2, 0.25) is 0 Å². The molecule has 1 aliphatic rings. The molecule has 2 aromatic heterocycles. The molecule has 7 nitrogen and oxygen atoms in total. The fraction of sp³-hybridized carbons (Fsp3) is 0.520. The molecule has 1 aromatic carbocycles. The van der Waals surface area contributed by atoms with Gasteiger partial charge in [0.25, 0.3) is 5.56 Å². The Labute approximate surface area is 189 Å². The van der Waals surface area contributed by atoms with Crippen LogP contribution in [0, 0.1) is 0 Å². The SMILES string of the molecule is C[C@@H]1CCC[C@H](C)N1CCCCCn1c(=O)c(Cc2ccnc(N)n2)nc2ccccc21. The highest BCUT2D eigenvalue weighted by Gasteiger charge is 2.23. The zero-order chi connectivity index (χ0) is 22.5. The molecule has 0 bridgehead atoms. The van der Waals surface area contributed by atoms with Gasteiger partial charge in [0, 0.05) is 31.2 Å². The molecule has 170 valence electrons. The lowest BCUT2D eigenvalue weighted by molar-refractivity contribution is 0.101. The molecule has 0 radical (unpaired) electrons. The van der Waals surface area contributed by atoms with Crippen molar-refractivity contribution in [1.29, 1.82) is 0 Å². The van der Waals surface area contributed by atoms with Gasteiger partial charge in [0.05, 0.1) is 16.7 Å². The Balaban J connectivity index is 1.45. The fourth-order valence-corrected chi connectivity index (χ4v) is 4.92. The first-order valence-corrected chi connectivity index (χ1v) is 11.8. The molecule has 3 aromatic rings. The molecule has 4 rings (SSSR count). The van der Waals surface area contributed by atoms with Crippen LogP contribution in [0.3, 0.4) is 0 Å². The highest BCUT2D eigenvalue weighted by molar-refractivity contribution is 5.74. The van der Waals surface area contributed by atoms with Gasteiger partial charge in [-0.25, -0.2) is 15.0 Å². The monoisotopic (exact) mass is 434 g/mol. The highest BCUT2D eigenvalue weighted by atomic mass is 16.1. The first kappa shape index (κ1) is 22.4. The van der Waals surface area contributed by atoms with Crippen molar-refractivity contribution in [3.8, 4) is 0 Å². The van der Waals surface area contributed by atoms with Gasteiger partial charge < -0.3 is 10.3 Å². The van der Waals surface area contributed by atoms with Gasteiger partial charge in [-0.2, -0.15) is 0 Å². The van der Waals surface area contributed by atoms with Gasteiger partial charge in [0.2, 0.25) is 5.95 Å². The molecule has 1 aliphatic heterocycles. The first-order chi connectivity index (χ1) is 15.5. The predicted octanol–water partition coefficient (Wildman–Crippen LogP) is 3.79. The number of unbranched alkanes of at least 4 members (excludes halogenated alkanes) is 2. The first-order valence-electron chi connectivity index (χ1n) is 11.8. The van der Waals surface area contributed by atoms with E-state index in [0.717, 1.165) is 30.4 Å². The van der Waals surface area contributed by atoms with Crippen LogP contribution in [-0.2, 0) is 13.0 Å². The minimum Gasteiger partial charge on any atom is -0.368 e. The normalized spacial score (nSPS) is 19.4. The minimum absolute atomic E-state index is 0.0424.